The van der Waals surface area contributed by atoms with E-state index in [0.29, 0.717) is 17.1 Å². The molecular weight excluding hydrogens is 220 g/mol. The second-order valence-corrected chi connectivity index (χ2v) is 5.30. The molecule has 1 aliphatic heterocycles. The quantitative estimate of drug-likeness (QED) is 0.695. The first-order valence-corrected chi connectivity index (χ1v) is 6.60. The molecule has 1 fully saturated rings. The van der Waals surface area contributed by atoms with Gasteiger partial charge in [-0.1, -0.05) is 12.2 Å². The van der Waals surface area contributed by atoms with Gasteiger partial charge in [-0.2, -0.15) is 0 Å². The Morgan fingerprint density at radius 1 is 1.62 bits per heavy atom. The number of ether oxygens (including phenoxy) is 1. The third-order valence-electron chi connectivity index (χ3n) is 3.31. The van der Waals surface area contributed by atoms with E-state index in [2.05, 4.69) is 18.9 Å². The van der Waals surface area contributed by atoms with E-state index in [9.17, 15) is 0 Å². The largest absolute Gasteiger partial charge is 0.393 e. The van der Waals surface area contributed by atoms with Crippen LogP contribution in [0.1, 0.15) is 39.0 Å². The van der Waals surface area contributed by atoms with Crippen molar-refractivity contribution in [2.24, 2.45) is 5.73 Å². The number of hydrogen-bond acceptors (Lipinski definition) is 3. The molecule has 1 saturated heterocycles. The Kier molecular flexibility index (Phi) is 6.24. The smallest absolute Gasteiger partial charge is 0.0742 e. The molecule has 2 unspecified atom stereocenters. The topological polar surface area (TPSA) is 38.5 Å². The van der Waals surface area contributed by atoms with Gasteiger partial charge in [-0.25, -0.2) is 0 Å². The Morgan fingerprint density at radius 2 is 2.38 bits per heavy atom. The van der Waals surface area contributed by atoms with Gasteiger partial charge in [-0.05, 0) is 46.2 Å². The Bertz CT molecular complexity index is 217. The minimum Gasteiger partial charge on any atom is -0.393 e. The van der Waals surface area contributed by atoms with Gasteiger partial charge in [-0.3, -0.25) is 0 Å². The summed E-state index contributed by atoms with van der Waals surface area (Å²) in [7, 11) is 2.14. The highest BCUT2D eigenvalue weighted by Crippen LogP contribution is 2.17. The molecule has 0 aromatic heterocycles. The maximum absolute atomic E-state index is 5.60. The maximum Gasteiger partial charge on any atom is 0.0742 e. The SMILES string of the molecule is CC(CC(N)=S)N(C)CCCC1CCCO1. The van der Waals surface area contributed by atoms with Gasteiger partial charge in [0.15, 0.2) is 0 Å². The molecule has 0 radical (unpaired) electrons. The number of thiocarbonyl (C=S) groups is 1. The number of nitrogens with two attached hydrogens (primary N) is 1. The van der Waals surface area contributed by atoms with Crippen molar-refractivity contribution in [3.05, 3.63) is 0 Å². The first-order valence-electron chi connectivity index (χ1n) is 6.19. The van der Waals surface area contributed by atoms with Gasteiger partial charge in [0.1, 0.15) is 0 Å². The lowest BCUT2D eigenvalue weighted by atomic mass is 10.1. The van der Waals surface area contributed by atoms with Crippen molar-refractivity contribution in [3.63, 3.8) is 0 Å². The minimum atomic E-state index is 0.446. The Balaban J connectivity index is 2.08. The summed E-state index contributed by atoms with van der Waals surface area (Å²) >= 11 is 4.92. The molecule has 2 atom stereocenters. The average molecular weight is 244 g/mol. The summed E-state index contributed by atoms with van der Waals surface area (Å²) < 4.78 is 5.60. The zero-order valence-electron chi connectivity index (χ0n) is 10.4. The molecular formula is C12H24N2OS. The molecule has 4 heteroatoms. The molecule has 16 heavy (non-hydrogen) atoms. The Morgan fingerprint density at radius 3 is 2.94 bits per heavy atom. The maximum atomic E-state index is 5.60. The molecule has 2 N–H and O–H groups in total. The van der Waals surface area contributed by atoms with E-state index in [1.54, 1.807) is 0 Å². The van der Waals surface area contributed by atoms with Crippen molar-refractivity contribution >= 4 is 17.2 Å². The number of nitrogens with zero attached hydrogens (tertiary/aromatic N) is 1. The van der Waals surface area contributed by atoms with Crippen molar-refractivity contribution < 1.29 is 4.74 Å². The predicted molar refractivity (Wildman–Crippen MR) is 71.7 cm³/mol. The molecule has 0 spiro atoms. The summed E-state index contributed by atoms with van der Waals surface area (Å²) in [5.41, 5.74) is 5.54. The number of rotatable bonds is 7. The molecule has 0 aliphatic carbocycles. The standard InChI is InChI=1S/C12H24N2OS/c1-10(9-12(13)16)14(2)7-3-5-11-6-4-8-15-11/h10-11H,3-9H2,1-2H3,(H2,13,16). The zero-order valence-corrected chi connectivity index (χ0v) is 11.3. The van der Waals surface area contributed by atoms with Crippen LogP contribution >= 0.6 is 12.2 Å². The van der Waals surface area contributed by atoms with E-state index in [4.69, 9.17) is 22.7 Å². The van der Waals surface area contributed by atoms with Crippen LogP contribution in [0.25, 0.3) is 0 Å². The summed E-state index contributed by atoms with van der Waals surface area (Å²) in [5, 5.41) is 0. The second-order valence-electron chi connectivity index (χ2n) is 4.78. The average Bonchev–Trinajstić information content (AvgIpc) is 2.69. The lowest BCUT2D eigenvalue weighted by Crippen LogP contribution is -2.33. The van der Waals surface area contributed by atoms with Crippen LogP contribution in [0.2, 0.25) is 0 Å². The summed E-state index contributed by atoms with van der Waals surface area (Å²) in [6.07, 6.45) is 6.18. The molecule has 1 heterocycles. The van der Waals surface area contributed by atoms with Gasteiger partial charge in [0.25, 0.3) is 0 Å². The van der Waals surface area contributed by atoms with Gasteiger partial charge in [-0.15, -0.1) is 0 Å². The molecule has 94 valence electrons. The second kappa shape index (κ2) is 7.20. The first kappa shape index (κ1) is 13.9. The number of hydrogen-bond donors (Lipinski definition) is 1. The Labute approximate surface area is 104 Å². The monoisotopic (exact) mass is 244 g/mol. The van der Waals surface area contributed by atoms with Crippen molar-refractivity contribution in [1.29, 1.82) is 0 Å². The fourth-order valence-corrected chi connectivity index (χ4v) is 2.35. The molecule has 0 aromatic rings. The van der Waals surface area contributed by atoms with E-state index in [1.807, 2.05) is 0 Å². The van der Waals surface area contributed by atoms with E-state index >= 15 is 0 Å². The van der Waals surface area contributed by atoms with E-state index in [1.165, 1.54) is 25.7 Å². The van der Waals surface area contributed by atoms with Crippen molar-refractivity contribution in [3.8, 4) is 0 Å². The molecule has 3 nitrogen and oxygen atoms in total. The van der Waals surface area contributed by atoms with Gasteiger partial charge in [0, 0.05) is 19.1 Å². The van der Waals surface area contributed by atoms with Gasteiger partial charge < -0.3 is 15.4 Å². The highest BCUT2D eigenvalue weighted by Gasteiger charge is 2.16. The highest BCUT2D eigenvalue weighted by molar-refractivity contribution is 7.80. The fourth-order valence-electron chi connectivity index (χ4n) is 2.11. The van der Waals surface area contributed by atoms with Crippen LogP contribution in [0.15, 0.2) is 0 Å². The lowest BCUT2D eigenvalue weighted by molar-refractivity contribution is 0.0984. The minimum absolute atomic E-state index is 0.446. The molecule has 0 aromatic carbocycles. The Hall–Kier alpha value is -0.190. The van der Waals surface area contributed by atoms with Gasteiger partial charge >= 0.3 is 0 Å². The summed E-state index contributed by atoms with van der Waals surface area (Å²) in [6.45, 7) is 4.23. The zero-order chi connectivity index (χ0) is 12.0. The van der Waals surface area contributed by atoms with Crippen molar-refractivity contribution in [1.82, 2.24) is 4.90 Å². The van der Waals surface area contributed by atoms with Crippen LogP contribution in [0.3, 0.4) is 0 Å². The summed E-state index contributed by atoms with van der Waals surface area (Å²) in [4.78, 5) is 2.94. The van der Waals surface area contributed by atoms with Crippen LogP contribution in [0.4, 0.5) is 0 Å². The van der Waals surface area contributed by atoms with E-state index < -0.39 is 0 Å². The third-order valence-corrected chi connectivity index (χ3v) is 3.48. The lowest BCUT2D eigenvalue weighted by Gasteiger charge is -2.24. The fraction of sp³-hybridized carbons (Fsp3) is 0.917. The van der Waals surface area contributed by atoms with Gasteiger partial charge in [0.2, 0.25) is 0 Å². The predicted octanol–water partition coefficient (Wildman–Crippen LogP) is 1.94. The van der Waals surface area contributed by atoms with Gasteiger partial charge in [0.05, 0.1) is 11.1 Å². The summed E-state index contributed by atoms with van der Waals surface area (Å²) in [6, 6.07) is 0.446. The van der Waals surface area contributed by atoms with Crippen LogP contribution in [-0.4, -0.2) is 42.2 Å². The first-order chi connectivity index (χ1) is 7.59. The third kappa shape index (κ3) is 5.23. The van der Waals surface area contributed by atoms with Crippen LogP contribution in [-0.2, 0) is 4.74 Å². The van der Waals surface area contributed by atoms with Crippen LogP contribution in [0, 0.1) is 0 Å². The molecule has 0 amide bonds. The van der Waals surface area contributed by atoms with Crippen LogP contribution in [0.5, 0.6) is 0 Å². The summed E-state index contributed by atoms with van der Waals surface area (Å²) in [5.74, 6) is 0. The van der Waals surface area contributed by atoms with Crippen molar-refractivity contribution in [2.75, 3.05) is 20.2 Å². The molecule has 1 aliphatic rings. The van der Waals surface area contributed by atoms with E-state index in [-0.39, 0.29) is 0 Å². The van der Waals surface area contributed by atoms with Crippen LogP contribution < -0.4 is 5.73 Å². The highest BCUT2D eigenvalue weighted by atomic mass is 32.1. The normalized spacial score (nSPS) is 22.6. The van der Waals surface area contributed by atoms with Crippen molar-refractivity contribution in [2.45, 2.75) is 51.2 Å². The molecule has 0 bridgehead atoms. The molecule has 1 rings (SSSR count). The molecule has 0 saturated carbocycles. The van der Waals surface area contributed by atoms with E-state index in [0.717, 1.165) is 19.6 Å².